The number of hydrogen-bond donors (Lipinski definition) is 1. The zero-order valence-corrected chi connectivity index (χ0v) is 12.7. The van der Waals surface area contributed by atoms with Crippen LogP contribution < -0.4 is 9.47 Å². The standard InChI is InChI=1S/C15H24O6/c1-17-6-7-19-8-9-20-10-11-21-15-13(12-16)4-3-5-14(15)18-2/h3-5,16H,6-12H2,1-2H3. The number of methoxy groups -OCH3 is 2. The third-order valence-electron chi connectivity index (χ3n) is 2.73. The summed E-state index contributed by atoms with van der Waals surface area (Å²) in [4.78, 5) is 0. The van der Waals surface area contributed by atoms with Crippen molar-refractivity contribution in [2.75, 3.05) is 53.9 Å². The lowest BCUT2D eigenvalue weighted by molar-refractivity contribution is 0.0176. The summed E-state index contributed by atoms with van der Waals surface area (Å²) in [5.41, 5.74) is 0.692. The van der Waals surface area contributed by atoms with Crippen molar-refractivity contribution in [2.45, 2.75) is 6.61 Å². The number of rotatable bonds is 12. The van der Waals surface area contributed by atoms with Crippen molar-refractivity contribution in [1.29, 1.82) is 0 Å². The summed E-state index contributed by atoms with van der Waals surface area (Å²) < 4.78 is 26.4. The normalized spacial score (nSPS) is 10.6. The van der Waals surface area contributed by atoms with Crippen LogP contribution in [0.4, 0.5) is 0 Å². The Hall–Kier alpha value is -1.34. The Morgan fingerprint density at radius 3 is 2.19 bits per heavy atom. The summed E-state index contributed by atoms with van der Waals surface area (Å²) in [5.74, 6) is 1.16. The molecule has 0 atom stereocenters. The van der Waals surface area contributed by atoms with Crippen LogP contribution in [0.3, 0.4) is 0 Å². The lowest BCUT2D eigenvalue weighted by Gasteiger charge is -2.14. The van der Waals surface area contributed by atoms with Crippen molar-refractivity contribution in [2.24, 2.45) is 0 Å². The Morgan fingerprint density at radius 2 is 1.57 bits per heavy atom. The highest BCUT2D eigenvalue weighted by atomic mass is 16.6. The first-order chi connectivity index (χ1) is 10.3. The van der Waals surface area contributed by atoms with E-state index >= 15 is 0 Å². The van der Waals surface area contributed by atoms with E-state index in [0.29, 0.717) is 56.7 Å². The molecule has 0 amide bonds. The molecule has 120 valence electrons. The van der Waals surface area contributed by atoms with E-state index in [0.717, 1.165) is 0 Å². The van der Waals surface area contributed by atoms with Gasteiger partial charge >= 0.3 is 0 Å². The smallest absolute Gasteiger partial charge is 0.166 e. The van der Waals surface area contributed by atoms with Crippen molar-refractivity contribution in [3.63, 3.8) is 0 Å². The zero-order valence-electron chi connectivity index (χ0n) is 12.7. The maximum absolute atomic E-state index is 9.29. The van der Waals surface area contributed by atoms with Crippen molar-refractivity contribution < 1.29 is 28.8 Å². The van der Waals surface area contributed by atoms with Gasteiger partial charge in [-0.2, -0.15) is 0 Å². The predicted octanol–water partition coefficient (Wildman–Crippen LogP) is 1.25. The monoisotopic (exact) mass is 300 g/mol. The average molecular weight is 300 g/mol. The third-order valence-corrected chi connectivity index (χ3v) is 2.73. The molecule has 0 spiro atoms. The molecule has 1 aromatic carbocycles. The van der Waals surface area contributed by atoms with Crippen LogP contribution in [0.15, 0.2) is 18.2 Å². The number of aliphatic hydroxyl groups is 1. The Morgan fingerprint density at radius 1 is 0.905 bits per heavy atom. The molecule has 0 aliphatic heterocycles. The van der Waals surface area contributed by atoms with E-state index in [-0.39, 0.29) is 6.61 Å². The predicted molar refractivity (Wildman–Crippen MR) is 77.9 cm³/mol. The molecule has 0 bridgehead atoms. The second kappa shape index (κ2) is 11.3. The minimum Gasteiger partial charge on any atom is -0.493 e. The Bertz CT molecular complexity index is 360. The molecular weight excluding hydrogens is 276 g/mol. The fourth-order valence-corrected chi connectivity index (χ4v) is 1.68. The van der Waals surface area contributed by atoms with E-state index in [1.807, 2.05) is 6.07 Å². The largest absolute Gasteiger partial charge is 0.493 e. The van der Waals surface area contributed by atoms with Gasteiger partial charge in [0.25, 0.3) is 0 Å². The summed E-state index contributed by atoms with van der Waals surface area (Å²) in [6, 6.07) is 5.40. The third kappa shape index (κ3) is 6.77. The van der Waals surface area contributed by atoms with E-state index in [2.05, 4.69) is 0 Å². The van der Waals surface area contributed by atoms with E-state index in [1.54, 1.807) is 26.4 Å². The number of hydrogen-bond acceptors (Lipinski definition) is 6. The fourth-order valence-electron chi connectivity index (χ4n) is 1.68. The summed E-state index contributed by atoms with van der Waals surface area (Å²) >= 11 is 0. The van der Waals surface area contributed by atoms with Crippen LogP contribution in [0.25, 0.3) is 0 Å². The highest BCUT2D eigenvalue weighted by molar-refractivity contribution is 5.46. The molecule has 1 aromatic rings. The van der Waals surface area contributed by atoms with Gasteiger partial charge in [0.2, 0.25) is 0 Å². The van der Waals surface area contributed by atoms with Gasteiger partial charge in [-0.05, 0) is 6.07 Å². The van der Waals surface area contributed by atoms with Crippen molar-refractivity contribution in [1.82, 2.24) is 0 Å². The molecule has 0 fully saturated rings. The van der Waals surface area contributed by atoms with Crippen LogP contribution in [0.5, 0.6) is 11.5 Å². The van der Waals surface area contributed by atoms with Crippen LogP contribution in [-0.4, -0.2) is 59.0 Å². The molecule has 6 nitrogen and oxygen atoms in total. The van der Waals surface area contributed by atoms with Crippen LogP contribution in [0.2, 0.25) is 0 Å². The van der Waals surface area contributed by atoms with Gasteiger partial charge in [-0.3, -0.25) is 0 Å². The van der Waals surface area contributed by atoms with E-state index in [4.69, 9.17) is 23.7 Å². The van der Waals surface area contributed by atoms with Crippen LogP contribution >= 0.6 is 0 Å². The maximum Gasteiger partial charge on any atom is 0.166 e. The molecule has 0 heterocycles. The number of benzene rings is 1. The van der Waals surface area contributed by atoms with Gasteiger partial charge in [0.15, 0.2) is 11.5 Å². The average Bonchev–Trinajstić information content (AvgIpc) is 2.53. The minimum absolute atomic E-state index is 0.0965. The van der Waals surface area contributed by atoms with E-state index < -0.39 is 0 Å². The molecule has 0 unspecified atom stereocenters. The maximum atomic E-state index is 9.29. The van der Waals surface area contributed by atoms with Gasteiger partial charge in [-0.15, -0.1) is 0 Å². The molecule has 1 rings (SSSR count). The molecule has 0 radical (unpaired) electrons. The van der Waals surface area contributed by atoms with Gasteiger partial charge in [0, 0.05) is 12.7 Å². The quantitative estimate of drug-likeness (QED) is 0.586. The first-order valence-electron chi connectivity index (χ1n) is 6.87. The summed E-state index contributed by atoms with van der Waals surface area (Å²) in [6.07, 6.45) is 0. The highest BCUT2D eigenvalue weighted by Gasteiger charge is 2.09. The van der Waals surface area contributed by atoms with Crippen molar-refractivity contribution in [3.8, 4) is 11.5 Å². The van der Waals surface area contributed by atoms with E-state index in [9.17, 15) is 5.11 Å². The zero-order chi connectivity index (χ0) is 15.3. The molecule has 0 saturated heterocycles. The molecule has 1 N–H and O–H groups in total. The first-order valence-corrected chi connectivity index (χ1v) is 6.87. The molecule has 6 heteroatoms. The topological polar surface area (TPSA) is 66.4 Å². The van der Waals surface area contributed by atoms with Gasteiger partial charge in [0.1, 0.15) is 6.61 Å². The fraction of sp³-hybridized carbons (Fsp3) is 0.600. The minimum atomic E-state index is -0.0965. The number of aliphatic hydroxyl groups excluding tert-OH is 1. The number of para-hydroxylation sites is 1. The summed E-state index contributed by atoms with van der Waals surface area (Å²) in [7, 11) is 3.20. The second-order valence-electron chi connectivity index (χ2n) is 4.17. The molecule has 21 heavy (non-hydrogen) atoms. The lowest BCUT2D eigenvalue weighted by Crippen LogP contribution is -2.13. The number of ether oxygens (including phenoxy) is 5. The summed E-state index contributed by atoms with van der Waals surface area (Å²) in [6.45, 7) is 2.91. The van der Waals surface area contributed by atoms with Crippen molar-refractivity contribution >= 4 is 0 Å². The molecule has 0 aliphatic carbocycles. The van der Waals surface area contributed by atoms with Gasteiger partial charge in [-0.1, -0.05) is 12.1 Å². The highest BCUT2D eigenvalue weighted by Crippen LogP contribution is 2.30. The van der Waals surface area contributed by atoms with Gasteiger partial charge in [-0.25, -0.2) is 0 Å². The second-order valence-corrected chi connectivity index (χ2v) is 4.17. The molecule has 0 saturated carbocycles. The Labute approximate surface area is 125 Å². The van der Waals surface area contributed by atoms with Gasteiger partial charge in [0.05, 0.1) is 46.8 Å². The molecule has 0 aromatic heterocycles. The molecule has 0 aliphatic rings. The lowest BCUT2D eigenvalue weighted by atomic mass is 10.2. The van der Waals surface area contributed by atoms with Crippen LogP contribution in [0.1, 0.15) is 5.56 Å². The first kappa shape index (κ1) is 17.7. The van der Waals surface area contributed by atoms with Crippen molar-refractivity contribution in [3.05, 3.63) is 23.8 Å². The van der Waals surface area contributed by atoms with Crippen LogP contribution in [0, 0.1) is 0 Å². The Balaban J connectivity index is 2.20. The van der Waals surface area contributed by atoms with Gasteiger partial charge < -0.3 is 28.8 Å². The van der Waals surface area contributed by atoms with E-state index in [1.165, 1.54) is 0 Å². The Kier molecular flexibility index (Phi) is 9.56. The van der Waals surface area contributed by atoms with Crippen LogP contribution in [-0.2, 0) is 20.8 Å². The SMILES string of the molecule is COCCOCCOCCOc1c(CO)cccc1OC. The summed E-state index contributed by atoms with van der Waals surface area (Å²) in [5, 5.41) is 9.29. The molecular formula is C15H24O6.